The molecule has 354 valence electrons. The molecule has 19 heteroatoms. The van der Waals surface area contributed by atoms with Crippen LogP contribution in [-0.2, 0) is 37.9 Å². The van der Waals surface area contributed by atoms with E-state index in [1.807, 2.05) is 6.92 Å². The summed E-state index contributed by atoms with van der Waals surface area (Å²) in [6, 6.07) is 0. The molecule has 11 N–H and O–H groups in total. The van der Waals surface area contributed by atoms with Crippen molar-refractivity contribution in [3.63, 3.8) is 0 Å². The minimum atomic E-state index is -1.76. The van der Waals surface area contributed by atoms with Gasteiger partial charge in [0.2, 0.25) is 5.79 Å². The Balaban J connectivity index is 0.999. The summed E-state index contributed by atoms with van der Waals surface area (Å²) in [7, 11) is 0. The Morgan fingerprint density at radius 1 is 0.726 bits per heavy atom. The quantitative estimate of drug-likeness (QED) is 0.117. The molecule has 0 amide bonds. The summed E-state index contributed by atoms with van der Waals surface area (Å²) >= 11 is 0. The molecular weight excluding hydrogens is 820 g/mol. The smallest absolute Gasteiger partial charge is 0.202 e. The third-order valence-corrected chi connectivity index (χ3v) is 17.2. The van der Waals surface area contributed by atoms with Gasteiger partial charge in [-0.25, -0.2) is 0 Å². The lowest BCUT2D eigenvalue weighted by atomic mass is 9.46. The van der Waals surface area contributed by atoms with E-state index in [4.69, 9.17) is 37.9 Å². The zero-order chi connectivity index (χ0) is 44.4. The maximum absolute atomic E-state index is 11.4. The van der Waals surface area contributed by atoms with Crippen molar-refractivity contribution in [2.75, 3.05) is 26.4 Å². The fourth-order valence-electron chi connectivity index (χ4n) is 13.7. The van der Waals surface area contributed by atoms with Gasteiger partial charge in [-0.3, -0.25) is 0 Å². The predicted molar refractivity (Wildman–Crippen MR) is 208 cm³/mol. The third-order valence-electron chi connectivity index (χ3n) is 17.2. The second-order valence-corrected chi connectivity index (χ2v) is 20.4. The Labute approximate surface area is 360 Å². The molecular formula is C43H68O19. The minimum absolute atomic E-state index is 0.0536. The van der Waals surface area contributed by atoms with Gasteiger partial charge in [-0.1, -0.05) is 32.4 Å². The zero-order valence-electron chi connectivity index (χ0n) is 35.7. The highest BCUT2D eigenvalue weighted by atomic mass is 16.8. The molecule has 9 rings (SSSR count). The van der Waals surface area contributed by atoms with Crippen LogP contribution in [0.3, 0.4) is 0 Å². The van der Waals surface area contributed by atoms with Crippen molar-refractivity contribution in [3.05, 3.63) is 11.6 Å². The van der Waals surface area contributed by atoms with Gasteiger partial charge < -0.3 is 94.1 Å². The molecule has 5 heterocycles. The summed E-state index contributed by atoms with van der Waals surface area (Å²) in [6.07, 6.45) is -17.8. The number of aliphatic hydroxyl groups excluding tert-OH is 11. The van der Waals surface area contributed by atoms with Crippen molar-refractivity contribution in [2.45, 2.75) is 182 Å². The first kappa shape index (κ1) is 46.1. The number of fused-ring (bicyclic) bond motifs is 7. The number of hydrogen-bond donors (Lipinski definition) is 11. The monoisotopic (exact) mass is 888 g/mol. The Hall–Kier alpha value is -1.02. The summed E-state index contributed by atoms with van der Waals surface area (Å²) in [5, 5.41) is 120. The van der Waals surface area contributed by atoms with Crippen molar-refractivity contribution < 1.29 is 94.1 Å². The van der Waals surface area contributed by atoms with Crippen molar-refractivity contribution in [1.82, 2.24) is 0 Å². The molecule has 8 fully saturated rings. The van der Waals surface area contributed by atoms with E-state index in [0.29, 0.717) is 12.8 Å². The predicted octanol–water partition coefficient (Wildman–Crippen LogP) is -2.62. The van der Waals surface area contributed by atoms with Crippen LogP contribution in [-0.4, -0.2) is 199 Å². The molecule has 5 saturated heterocycles. The van der Waals surface area contributed by atoms with Gasteiger partial charge in [0.05, 0.1) is 56.9 Å². The van der Waals surface area contributed by atoms with Gasteiger partial charge in [0, 0.05) is 29.6 Å². The van der Waals surface area contributed by atoms with E-state index in [1.54, 1.807) is 0 Å². The molecule has 9 aliphatic rings. The molecule has 19 nitrogen and oxygen atoms in total. The molecule has 0 aromatic rings. The number of rotatable bonds is 7. The van der Waals surface area contributed by atoms with Crippen molar-refractivity contribution >= 4 is 0 Å². The van der Waals surface area contributed by atoms with Crippen LogP contribution in [0, 0.1) is 46.3 Å². The van der Waals surface area contributed by atoms with E-state index in [1.165, 1.54) is 6.92 Å². The summed E-state index contributed by atoms with van der Waals surface area (Å²) < 4.78 is 49.8. The molecule has 27 atom stereocenters. The molecule has 1 spiro atoms. The summed E-state index contributed by atoms with van der Waals surface area (Å²) in [4.78, 5) is 0. The zero-order valence-corrected chi connectivity index (χ0v) is 35.7. The maximum atomic E-state index is 11.4. The van der Waals surface area contributed by atoms with Crippen LogP contribution in [0.5, 0.6) is 0 Å². The highest BCUT2D eigenvalue weighted by Crippen LogP contribution is 2.71. The fourth-order valence-corrected chi connectivity index (χ4v) is 13.7. The van der Waals surface area contributed by atoms with Crippen LogP contribution in [0.4, 0.5) is 0 Å². The first-order valence-corrected chi connectivity index (χ1v) is 22.6. The van der Waals surface area contributed by atoms with Crippen LogP contribution in [0.2, 0.25) is 0 Å². The van der Waals surface area contributed by atoms with E-state index >= 15 is 0 Å². The SMILES string of the molecule is C[C@@H]1O[C@@H](O[C@H]2[C@H](O[C@@H]3C[C@H](O)CC4=CC[C@H]5[C@@H]6C[C@@H]7O[C@@]8(OC[C@H](C)[C@H](O)[C@@H]8O)[C@@H](CO)[C@@H]7[C@@]6(C)CC[C@@H]5[C@]43C)OC[C@H](O)[C@@H]2O[C@@H]2OCC(O)[C@@H](O)[C@H]2O)[C@H](O)[C@H](O)[C@H]1O. The van der Waals surface area contributed by atoms with Gasteiger partial charge in [-0.2, -0.15) is 0 Å². The third kappa shape index (κ3) is 7.11. The molecule has 0 radical (unpaired) electrons. The Bertz CT molecular complexity index is 1640. The molecule has 0 aromatic heterocycles. The van der Waals surface area contributed by atoms with E-state index in [-0.39, 0.29) is 74.0 Å². The first-order chi connectivity index (χ1) is 29.3. The Morgan fingerprint density at radius 3 is 2.16 bits per heavy atom. The normalized spacial score (nSPS) is 58.9. The molecule has 0 aromatic carbocycles. The number of aliphatic hydroxyl groups is 11. The summed E-state index contributed by atoms with van der Waals surface area (Å²) in [5.74, 6) is -2.15. The highest BCUT2D eigenvalue weighted by Gasteiger charge is 2.73. The van der Waals surface area contributed by atoms with Crippen LogP contribution in [0.25, 0.3) is 0 Å². The van der Waals surface area contributed by atoms with Gasteiger partial charge in [-0.05, 0) is 62.2 Å². The standard InChI is InChI=1S/C43H68O19/c1-16-13-57-43(37(54)29(16)48)23(12-44)28-26(62-43)11-22-20-6-5-18-9-19(45)10-27(42(18,4)21(20)7-8-41(22,28)3)59-40-36(61-39-34(53)32(51)30(49)17(2)58-39)35(25(47)15-56-40)60-38-33(52)31(50)24(46)14-55-38/h5,16-17,19-40,44-54H,6-15H2,1-4H3/t16-,17-,19+,20+,21-,22-,23-,24?,25-,26-,27+,28-,29-,30-,31+,32+,33+,34+,35-,36+,37-,38-,39-,40-,41-,42-,43-/m0/s1. The van der Waals surface area contributed by atoms with Gasteiger partial charge in [-0.15, -0.1) is 0 Å². The van der Waals surface area contributed by atoms with Gasteiger partial charge in [0.1, 0.15) is 61.0 Å². The van der Waals surface area contributed by atoms with Crippen LogP contribution >= 0.6 is 0 Å². The fraction of sp³-hybridized carbons (Fsp3) is 0.953. The van der Waals surface area contributed by atoms with E-state index in [2.05, 4.69) is 19.9 Å². The van der Waals surface area contributed by atoms with Crippen LogP contribution in [0.1, 0.15) is 66.2 Å². The second kappa shape index (κ2) is 16.9. The number of ether oxygens (including phenoxy) is 8. The van der Waals surface area contributed by atoms with Crippen LogP contribution < -0.4 is 0 Å². The molecule has 62 heavy (non-hydrogen) atoms. The van der Waals surface area contributed by atoms with Gasteiger partial charge in [0.15, 0.2) is 18.9 Å². The average molecular weight is 889 g/mol. The number of hydrogen-bond acceptors (Lipinski definition) is 19. The minimum Gasteiger partial charge on any atom is -0.396 e. The first-order valence-electron chi connectivity index (χ1n) is 22.6. The molecule has 3 saturated carbocycles. The highest BCUT2D eigenvalue weighted by molar-refractivity contribution is 5.29. The Morgan fingerprint density at radius 2 is 1.42 bits per heavy atom. The van der Waals surface area contributed by atoms with E-state index < -0.39 is 121 Å². The van der Waals surface area contributed by atoms with Crippen molar-refractivity contribution in [1.29, 1.82) is 0 Å². The lowest BCUT2D eigenvalue weighted by molar-refractivity contribution is -0.382. The summed E-state index contributed by atoms with van der Waals surface area (Å²) in [6.45, 7) is 6.89. The van der Waals surface area contributed by atoms with E-state index in [9.17, 15) is 56.2 Å². The molecule has 1 unspecified atom stereocenters. The second-order valence-electron chi connectivity index (χ2n) is 20.4. The largest absolute Gasteiger partial charge is 0.396 e. The maximum Gasteiger partial charge on any atom is 0.202 e. The average Bonchev–Trinajstić information content (AvgIpc) is 3.72. The topological polar surface area (TPSA) is 296 Å². The number of allylic oxidation sites excluding steroid dienone is 1. The lowest BCUT2D eigenvalue weighted by Crippen LogP contribution is -2.65. The van der Waals surface area contributed by atoms with E-state index in [0.717, 1.165) is 24.8 Å². The Kier molecular flexibility index (Phi) is 12.6. The molecule has 5 aliphatic heterocycles. The van der Waals surface area contributed by atoms with Crippen molar-refractivity contribution in [2.24, 2.45) is 46.3 Å². The van der Waals surface area contributed by atoms with Gasteiger partial charge in [0.25, 0.3) is 0 Å². The molecule has 4 aliphatic carbocycles. The van der Waals surface area contributed by atoms with Gasteiger partial charge >= 0.3 is 0 Å². The lowest BCUT2D eigenvalue weighted by Gasteiger charge is -2.61. The van der Waals surface area contributed by atoms with Crippen LogP contribution in [0.15, 0.2) is 11.6 Å². The van der Waals surface area contributed by atoms with Crippen molar-refractivity contribution in [3.8, 4) is 0 Å². The molecule has 0 bridgehead atoms. The summed E-state index contributed by atoms with van der Waals surface area (Å²) in [5.41, 5.74) is 0.0874.